The van der Waals surface area contributed by atoms with Gasteiger partial charge in [0, 0.05) is 10.9 Å². The molecule has 0 amide bonds. The van der Waals surface area contributed by atoms with E-state index in [9.17, 15) is 4.39 Å². The van der Waals surface area contributed by atoms with Gasteiger partial charge in [-0.25, -0.2) is 9.37 Å². The number of hydrogen-bond donors (Lipinski definition) is 0. The molecule has 0 radical (unpaired) electrons. The summed E-state index contributed by atoms with van der Waals surface area (Å²) in [7, 11) is 0. The summed E-state index contributed by atoms with van der Waals surface area (Å²) >= 11 is 13.8. The molecule has 0 spiro atoms. The molecule has 2 atom stereocenters. The van der Waals surface area contributed by atoms with Gasteiger partial charge in [0.1, 0.15) is 11.6 Å². The quantitative estimate of drug-likeness (QED) is 0.550. The van der Waals surface area contributed by atoms with E-state index in [1.807, 2.05) is 19.1 Å². The molecule has 1 aromatic carbocycles. The highest BCUT2D eigenvalue weighted by Gasteiger charge is 2.21. The summed E-state index contributed by atoms with van der Waals surface area (Å²) in [6.45, 7) is 3.93. The van der Waals surface area contributed by atoms with Crippen LogP contribution in [0.2, 0.25) is 4.34 Å². The second kappa shape index (κ2) is 5.59. The molecule has 2 heterocycles. The zero-order chi connectivity index (χ0) is 15.1. The molecule has 0 N–H and O–H groups in total. The fourth-order valence-corrected chi connectivity index (χ4v) is 3.72. The third-order valence-electron chi connectivity index (χ3n) is 3.43. The highest BCUT2D eigenvalue weighted by Crippen LogP contribution is 2.35. The highest BCUT2D eigenvalue weighted by molar-refractivity contribution is 7.16. The van der Waals surface area contributed by atoms with Crippen molar-refractivity contribution in [1.82, 2.24) is 9.55 Å². The zero-order valence-electron chi connectivity index (χ0n) is 11.5. The number of benzene rings is 1. The molecule has 110 valence electrons. The Morgan fingerprint density at radius 2 is 2.00 bits per heavy atom. The van der Waals surface area contributed by atoms with E-state index >= 15 is 0 Å². The second-order valence-corrected chi connectivity index (χ2v) is 7.31. The lowest BCUT2D eigenvalue weighted by molar-refractivity contribution is 0.624. The van der Waals surface area contributed by atoms with Gasteiger partial charge in [-0.3, -0.25) is 0 Å². The van der Waals surface area contributed by atoms with Crippen molar-refractivity contribution in [2.75, 3.05) is 0 Å². The number of thiophene rings is 1. The summed E-state index contributed by atoms with van der Waals surface area (Å²) in [6, 6.07) is 8.52. The highest BCUT2D eigenvalue weighted by atomic mass is 35.5. The normalized spacial score (nSPS) is 14.5. The van der Waals surface area contributed by atoms with E-state index in [0.29, 0.717) is 5.52 Å². The molecule has 2 nitrogen and oxygen atoms in total. The van der Waals surface area contributed by atoms with E-state index in [2.05, 4.69) is 16.5 Å². The van der Waals surface area contributed by atoms with Gasteiger partial charge in [-0.05, 0) is 38.1 Å². The average Bonchev–Trinajstić information content (AvgIpc) is 3.01. The van der Waals surface area contributed by atoms with Crippen molar-refractivity contribution in [3.8, 4) is 0 Å². The standard InChI is InChI=1S/C15H13Cl2FN2S/c1-8(16)15-19-11-7-10(18)3-4-12(11)20(15)9(2)13-5-6-14(17)21-13/h3-9H,1-2H3. The molecule has 0 saturated carbocycles. The number of nitrogens with zero attached hydrogens (tertiary/aromatic N) is 2. The average molecular weight is 343 g/mol. The van der Waals surface area contributed by atoms with Crippen LogP contribution in [0, 0.1) is 5.82 Å². The van der Waals surface area contributed by atoms with Gasteiger partial charge in [0.25, 0.3) is 0 Å². The van der Waals surface area contributed by atoms with Crippen LogP contribution in [-0.4, -0.2) is 9.55 Å². The van der Waals surface area contributed by atoms with Gasteiger partial charge in [-0.2, -0.15) is 0 Å². The van der Waals surface area contributed by atoms with Gasteiger partial charge in [-0.1, -0.05) is 11.6 Å². The summed E-state index contributed by atoms with van der Waals surface area (Å²) in [5.74, 6) is 0.432. The van der Waals surface area contributed by atoms with Gasteiger partial charge < -0.3 is 4.57 Å². The van der Waals surface area contributed by atoms with E-state index in [-0.39, 0.29) is 17.2 Å². The maximum absolute atomic E-state index is 13.4. The van der Waals surface area contributed by atoms with Crippen LogP contribution in [0.25, 0.3) is 11.0 Å². The zero-order valence-corrected chi connectivity index (χ0v) is 13.8. The number of aromatic nitrogens is 2. The van der Waals surface area contributed by atoms with Gasteiger partial charge in [0.15, 0.2) is 0 Å². The van der Waals surface area contributed by atoms with Crippen LogP contribution in [0.4, 0.5) is 4.39 Å². The molecule has 6 heteroatoms. The molecule has 0 bridgehead atoms. The summed E-state index contributed by atoms with van der Waals surface area (Å²) in [6.07, 6.45) is 0. The predicted molar refractivity (Wildman–Crippen MR) is 87.1 cm³/mol. The Morgan fingerprint density at radius 1 is 1.24 bits per heavy atom. The fraction of sp³-hybridized carbons (Fsp3) is 0.267. The van der Waals surface area contributed by atoms with E-state index in [1.54, 1.807) is 6.07 Å². The van der Waals surface area contributed by atoms with Gasteiger partial charge in [-0.15, -0.1) is 22.9 Å². The summed E-state index contributed by atoms with van der Waals surface area (Å²) in [5, 5.41) is -0.265. The first-order valence-electron chi connectivity index (χ1n) is 6.54. The maximum atomic E-state index is 13.4. The Morgan fingerprint density at radius 3 is 2.62 bits per heavy atom. The lowest BCUT2D eigenvalue weighted by Gasteiger charge is -2.17. The van der Waals surface area contributed by atoms with Gasteiger partial charge in [0.05, 0.1) is 26.8 Å². The molecule has 2 aromatic heterocycles. The van der Waals surface area contributed by atoms with Crippen molar-refractivity contribution < 1.29 is 4.39 Å². The third kappa shape index (κ3) is 2.68. The number of fused-ring (bicyclic) bond motifs is 1. The Kier molecular flexibility index (Phi) is 3.95. The Labute approximate surface area is 136 Å². The lowest BCUT2D eigenvalue weighted by Crippen LogP contribution is -2.10. The summed E-state index contributed by atoms with van der Waals surface area (Å²) in [5.41, 5.74) is 1.49. The van der Waals surface area contributed by atoms with Gasteiger partial charge in [0.2, 0.25) is 0 Å². The van der Waals surface area contributed by atoms with E-state index in [1.165, 1.54) is 23.5 Å². The SMILES string of the molecule is CC(Cl)c1nc2cc(F)ccc2n1C(C)c1ccc(Cl)s1. The fourth-order valence-electron chi connectivity index (χ4n) is 2.46. The Balaban J connectivity index is 2.21. The van der Waals surface area contributed by atoms with Crippen molar-refractivity contribution >= 4 is 45.6 Å². The lowest BCUT2D eigenvalue weighted by atomic mass is 10.2. The van der Waals surface area contributed by atoms with Crippen LogP contribution in [0.1, 0.15) is 36.0 Å². The topological polar surface area (TPSA) is 17.8 Å². The third-order valence-corrected chi connectivity index (χ3v) is 5.02. The Bertz CT molecular complexity index is 794. The van der Waals surface area contributed by atoms with Crippen LogP contribution < -0.4 is 0 Å². The number of imidazole rings is 1. The van der Waals surface area contributed by atoms with Gasteiger partial charge >= 0.3 is 0 Å². The van der Waals surface area contributed by atoms with Crippen LogP contribution in [0.15, 0.2) is 30.3 Å². The number of alkyl halides is 1. The maximum Gasteiger partial charge on any atom is 0.128 e. The van der Waals surface area contributed by atoms with E-state index < -0.39 is 0 Å². The van der Waals surface area contributed by atoms with Crippen LogP contribution in [0.5, 0.6) is 0 Å². The largest absolute Gasteiger partial charge is 0.319 e. The molecule has 0 aliphatic heterocycles. The first-order valence-corrected chi connectivity index (χ1v) is 8.17. The first kappa shape index (κ1) is 14.8. The van der Waals surface area contributed by atoms with Crippen molar-refractivity contribution in [2.45, 2.75) is 25.3 Å². The van der Waals surface area contributed by atoms with E-state index in [0.717, 1.165) is 20.6 Å². The molecular formula is C15H13Cl2FN2S. The minimum Gasteiger partial charge on any atom is -0.319 e. The Hall–Kier alpha value is -1.10. The number of hydrogen-bond acceptors (Lipinski definition) is 2. The number of halogens is 3. The molecule has 2 unspecified atom stereocenters. The molecule has 0 saturated heterocycles. The molecule has 0 aliphatic rings. The molecule has 3 aromatic rings. The number of rotatable bonds is 3. The smallest absolute Gasteiger partial charge is 0.128 e. The minimum absolute atomic E-state index is 0.0363. The van der Waals surface area contributed by atoms with Crippen LogP contribution >= 0.6 is 34.5 Å². The van der Waals surface area contributed by atoms with Crippen molar-refractivity contribution in [3.05, 3.63) is 51.2 Å². The van der Waals surface area contributed by atoms with Crippen molar-refractivity contribution in [3.63, 3.8) is 0 Å². The molecule has 0 aliphatic carbocycles. The molecule has 0 fully saturated rings. The van der Waals surface area contributed by atoms with E-state index in [4.69, 9.17) is 23.2 Å². The minimum atomic E-state index is -0.298. The molecule has 21 heavy (non-hydrogen) atoms. The second-order valence-electron chi connectivity index (χ2n) is 4.91. The molecular weight excluding hydrogens is 330 g/mol. The van der Waals surface area contributed by atoms with Crippen molar-refractivity contribution in [2.24, 2.45) is 0 Å². The molecule has 3 rings (SSSR count). The first-order chi connectivity index (χ1) is 9.97. The monoisotopic (exact) mass is 342 g/mol. The van der Waals surface area contributed by atoms with Crippen LogP contribution in [0.3, 0.4) is 0 Å². The summed E-state index contributed by atoms with van der Waals surface area (Å²) in [4.78, 5) is 5.60. The predicted octanol–water partition coefficient (Wildman–Crippen LogP) is 5.80. The summed E-state index contributed by atoms with van der Waals surface area (Å²) < 4.78 is 16.2. The van der Waals surface area contributed by atoms with Crippen molar-refractivity contribution in [1.29, 1.82) is 0 Å². The van der Waals surface area contributed by atoms with Crippen LogP contribution in [-0.2, 0) is 0 Å².